The van der Waals surface area contributed by atoms with Crippen LogP contribution < -0.4 is 0 Å². The van der Waals surface area contributed by atoms with Crippen LogP contribution in [0.25, 0.3) is 11.3 Å². The maximum Gasteiger partial charge on any atom is 0.272 e. The fraction of sp³-hybridized carbons (Fsp3) is 0.333. The largest absolute Gasteiger partial charge is 0.330 e. The summed E-state index contributed by atoms with van der Waals surface area (Å²) in [6.07, 6.45) is 1.99. The van der Waals surface area contributed by atoms with Gasteiger partial charge < -0.3 is 9.80 Å². The summed E-state index contributed by atoms with van der Waals surface area (Å²) >= 11 is 0. The van der Waals surface area contributed by atoms with E-state index in [2.05, 4.69) is 53.3 Å². The number of amides is 1. The number of carbonyl (C=O) groups is 1. The number of hydrogen-bond donors (Lipinski definition) is 1. The van der Waals surface area contributed by atoms with Crippen molar-refractivity contribution >= 4 is 5.91 Å². The van der Waals surface area contributed by atoms with Gasteiger partial charge in [-0.25, -0.2) is 0 Å². The minimum Gasteiger partial charge on any atom is -0.330 e. The Morgan fingerprint density at radius 2 is 1.79 bits per heavy atom. The van der Waals surface area contributed by atoms with Crippen LogP contribution in [-0.2, 0) is 6.54 Å². The molecule has 1 aliphatic heterocycles. The number of benzene rings is 2. The second-order valence-electron chi connectivity index (χ2n) is 7.99. The average molecular weight is 389 g/mol. The van der Waals surface area contributed by atoms with Gasteiger partial charge in [-0.1, -0.05) is 60.2 Å². The molecule has 0 spiro atoms. The lowest BCUT2D eigenvalue weighted by Crippen LogP contribution is -2.46. The second-order valence-corrected chi connectivity index (χ2v) is 7.99. The SMILES string of the molecule is Cc1ccc(-c2cc(C(=O)N(Cc3ccccc3)C3CCN(C)CC3)[nH]n2)cc1. The van der Waals surface area contributed by atoms with E-state index < -0.39 is 0 Å². The van der Waals surface area contributed by atoms with Crippen molar-refractivity contribution in [1.29, 1.82) is 0 Å². The molecule has 0 saturated carbocycles. The number of aromatic amines is 1. The maximum absolute atomic E-state index is 13.5. The Morgan fingerprint density at radius 1 is 1.10 bits per heavy atom. The van der Waals surface area contributed by atoms with Crippen molar-refractivity contribution < 1.29 is 4.79 Å². The van der Waals surface area contributed by atoms with Gasteiger partial charge in [0.05, 0.1) is 5.69 Å². The second kappa shape index (κ2) is 8.62. The summed E-state index contributed by atoms with van der Waals surface area (Å²) in [6.45, 7) is 4.71. The number of carbonyl (C=O) groups excluding carboxylic acids is 1. The smallest absolute Gasteiger partial charge is 0.272 e. The van der Waals surface area contributed by atoms with Gasteiger partial charge in [0.15, 0.2) is 0 Å². The standard InChI is InChI=1S/C24H28N4O/c1-18-8-10-20(11-9-18)22-16-23(26-25-22)24(29)28(17-19-6-4-3-5-7-19)21-12-14-27(2)15-13-21/h3-11,16,21H,12-15,17H2,1-2H3,(H,25,26). The Kier molecular flexibility index (Phi) is 5.76. The molecule has 1 aromatic heterocycles. The molecule has 0 bridgehead atoms. The minimum absolute atomic E-state index is 0.0225. The van der Waals surface area contributed by atoms with E-state index in [-0.39, 0.29) is 11.9 Å². The lowest BCUT2D eigenvalue weighted by molar-refractivity contribution is 0.0563. The number of nitrogens with zero attached hydrogens (tertiary/aromatic N) is 3. The van der Waals surface area contributed by atoms with Crippen LogP contribution in [0.3, 0.4) is 0 Å². The lowest BCUT2D eigenvalue weighted by Gasteiger charge is -2.37. The maximum atomic E-state index is 13.5. The van der Waals surface area contributed by atoms with Crippen LogP contribution >= 0.6 is 0 Å². The third-order valence-electron chi connectivity index (χ3n) is 5.74. The molecule has 1 N–H and O–H groups in total. The molecular formula is C24H28N4O. The van der Waals surface area contributed by atoms with Gasteiger partial charge in [0.1, 0.15) is 5.69 Å². The number of aromatic nitrogens is 2. The molecule has 0 atom stereocenters. The van der Waals surface area contributed by atoms with E-state index in [0.29, 0.717) is 12.2 Å². The van der Waals surface area contributed by atoms with E-state index in [9.17, 15) is 4.79 Å². The number of H-pyrrole nitrogens is 1. The highest BCUT2D eigenvalue weighted by molar-refractivity contribution is 5.93. The minimum atomic E-state index is 0.0225. The summed E-state index contributed by atoms with van der Waals surface area (Å²) in [5.74, 6) is 0.0225. The Balaban J connectivity index is 1.58. The number of aryl methyl sites for hydroxylation is 1. The van der Waals surface area contributed by atoms with Crippen LogP contribution in [0.1, 0.15) is 34.5 Å². The van der Waals surface area contributed by atoms with Gasteiger partial charge in [0, 0.05) is 18.2 Å². The molecule has 2 heterocycles. The normalized spacial score (nSPS) is 15.4. The van der Waals surface area contributed by atoms with E-state index in [1.54, 1.807) is 0 Å². The third-order valence-corrected chi connectivity index (χ3v) is 5.74. The van der Waals surface area contributed by atoms with E-state index in [4.69, 9.17) is 0 Å². The van der Waals surface area contributed by atoms with Crippen molar-refractivity contribution in [1.82, 2.24) is 20.0 Å². The first-order valence-corrected chi connectivity index (χ1v) is 10.3. The zero-order chi connectivity index (χ0) is 20.2. The van der Waals surface area contributed by atoms with Crippen LogP contribution in [0, 0.1) is 6.92 Å². The molecule has 1 amide bonds. The van der Waals surface area contributed by atoms with Gasteiger partial charge in [-0.15, -0.1) is 0 Å². The highest BCUT2D eigenvalue weighted by Crippen LogP contribution is 2.23. The summed E-state index contributed by atoms with van der Waals surface area (Å²) < 4.78 is 0. The highest BCUT2D eigenvalue weighted by atomic mass is 16.2. The molecule has 1 aliphatic rings. The molecule has 2 aromatic carbocycles. The molecule has 5 heteroatoms. The number of nitrogens with one attached hydrogen (secondary N) is 1. The Labute approximate surface area is 172 Å². The Bertz CT molecular complexity index is 941. The number of hydrogen-bond acceptors (Lipinski definition) is 3. The summed E-state index contributed by atoms with van der Waals surface area (Å²) in [5.41, 5.74) is 4.72. The fourth-order valence-corrected chi connectivity index (χ4v) is 3.91. The average Bonchev–Trinajstić information content (AvgIpc) is 3.24. The fourth-order valence-electron chi connectivity index (χ4n) is 3.91. The molecular weight excluding hydrogens is 360 g/mol. The van der Waals surface area contributed by atoms with Gasteiger partial charge in [-0.2, -0.15) is 5.10 Å². The predicted molar refractivity (Wildman–Crippen MR) is 116 cm³/mol. The van der Waals surface area contributed by atoms with Crippen LogP contribution in [0.5, 0.6) is 0 Å². The summed E-state index contributed by atoms with van der Waals surface area (Å²) in [5, 5.41) is 7.38. The van der Waals surface area contributed by atoms with E-state index >= 15 is 0 Å². The molecule has 0 unspecified atom stereocenters. The lowest BCUT2D eigenvalue weighted by atomic mass is 10.0. The first-order chi connectivity index (χ1) is 14.1. The zero-order valence-electron chi connectivity index (χ0n) is 17.1. The molecule has 29 heavy (non-hydrogen) atoms. The van der Waals surface area contributed by atoms with Gasteiger partial charge in [0.2, 0.25) is 0 Å². The molecule has 0 aliphatic carbocycles. The zero-order valence-corrected chi connectivity index (χ0v) is 17.1. The highest BCUT2D eigenvalue weighted by Gasteiger charge is 2.29. The third kappa shape index (κ3) is 4.57. The summed E-state index contributed by atoms with van der Waals surface area (Å²) in [4.78, 5) is 17.8. The van der Waals surface area contributed by atoms with Crippen LogP contribution in [0.4, 0.5) is 0 Å². The Hall–Kier alpha value is -2.92. The van der Waals surface area contributed by atoms with Gasteiger partial charge in [-0.05, 0) is 51.5 Å². The van der Waals surface area contributed by atoms with Crippen molar-refractivity contribution in [3.05, 3.63) is 77.5 Å². The molecule has 1 saturated heterocycles. The van der Waals surface area contributed by atoms with Crippen molar-refractivity contribution in [2.45, 2.75) is 32.4 Å². The van der Waals surface area contributed by atoms with E-state index in [0.717, 1.165) is 42.8 Å². The summed E-state index contributed by atoms with van der Waals surface area (Å²) in [7, 11) is 2.14. The van der Waals surface area contributed by atoms with Crippen molar-refractivity contribution in [3.8, 4) is 11.3 Å². The first kappa shape index (κ1) is 19.4. The molecule has 1 fully saturated rings. The van der Waals surface area contributed by atoms with Crippen LogP contribution in [0.2, 0.25) is 0 Å². The predicted octanol–water partition coefficient (Wildman–Crippen LogP) is 4.12. The Morgan fingerprint density at radius 3 is 2.48 bits per heavy atom. The first-order valence-electron chi connectivity index (χ1n) is 10.3. The van der Waals surface area contributed by atoms with Gasteiger partial charge in [-0.3, -0.25) is 9.89 Å². The molecule has 3 aromatic rings. The van der Waals surface area contributed by atoms with Crippen molar-refractivity contribution in [3.63, 3.8) is 0 Å². The van der Waals surface area contributed by atoms with E-state index in [1.165, 1.54) is 5.56 Å². The number of rotatable bonds is 5. The molecule has 4 rings (SSSR count). The van der Waals surface area contributed by atoms with Crippen LogP contribution in [0.15, 0.2) is 60.7 Å². The molecule has 150 valence electrons. The molecule has 0 radical (unpaired) electrons. The molecule has 5 nitrogen and oxygen atoms in total. The topological polar surface area (TPSA) is 52.2 Å². The van der Waals surface area contributed by atoms with Crippen LogP contribution in [-0.4, -0.2) is 52.1 Å². The monoisotopic (exact) mass is 388 g/mol. The number of likely N-dealkylation sites (tertiary alicyclic amines) is 1. The van der Waals surface area contributed by atoms with Gasteiger partial charge in [0.25, 0.3) is 5.91 Å². The quantitative estimate of drug-likeness (QED) is 0.715. The summed E-state index contributed by atoms with van der Waals surface area (Å²) in [6, 6.07) is 20.5. The van der Waals surface area contributed by atoms with E-state index in [1.807, 2.05) is 41.3 Å². The van der Waals surface area contributed by atoms with Gasteiger partial charge >= 0.3 is 0 Å². The van der Waals surface area contributed by atoms with Crippen molar-refractivity contribution in [2.24, 2.45) is 0 Å². The number of piperidine rings is 1. The van der Waals surface area contributed by atoms with Crippen molar-refractivity contribution in [2.75, 3.05) is 20.1 Å².